The first-order valence-electron chi connectivity index (χ1n) is 6.24. The maximum Gasteiger partial charge on any atom is 0.263 e. The number of hydrogen-bond acceptors (Lipinski definition) is 6. The molecule has 0 aliphatic heterocycles. The maximum absolute atomic E-state index is 5.71. The van der Waals surface area contributed by atoms with Crippen LogP contribution in [0.15, 0.2) is 38.9 Å². The molecular formula is C14H14N4OS. The van der Waals surface area contributed by atoms with Crippen molar-refractivity contribution in [2.75, 3.05) is 12.4 Å². The monoisotopic (exact) mass is 286 g/mol. The zero-order valence-corrected chi connectivity index (χ0v) is 12.3. The number of rotatable bonds is 3. The Balaban J connectivity index is 2.00. The molecule has 5 nitrogen and oxygen atoms in total. The van der Waals surface area contributed by atoms with Crippen molar-refractivity contribution in [2.24, 2.45) is 0 Å². The summed E-state index contributed by atoms with van der Waals surface area (Å²) in [5.41, 5.74) is 2.63. The molecule has 6 heteroatoms. The number of aryl methyl sites for hydroxylation is 1. The number of benzene rings is 1. The fraction of sp³-hybridized carbons (Fsp3) is 0.214. The lowest BCUT2D eigenvalue weighted by atomic mass is 10.3. The molecule has 0 unspecified atom stereocenters. The molecule has 2 aromatic heterocycles. The van der Waals surface area contributed by atoms with Gasteiger partial charge < -0.3 is 9.73 Å². The normalized spacial score (nSPS) is 10.9. The third-order valence-electron chi connectivity index (χ3n) is 2.91. The van der Waals surface area contributed by atoms with E-state index in [0.29, 0.717) is 5.22 Å². The van der Waals surface area contributed by atoms with Crippen LogP contribution < -0.4 is 5.32 Å². The minimum Gasteiger partial charge on any atom is -0.431 e. The van der Waals surface area contributed by atoms with Gasteiger partial charge in [0.25, 0.3) is 5.22 Å². The predicted octanol–water partition coefficient (Wildman–Crippen LogP) is 3.43. The average molecular weight is 286 g/mol. The van der Waals surface area contributed by atoms with Gasteiger partial charge in [-0.25, -0.2) is 15.0 Å². The van der Waals surface area contributed by atoms with Crippen molar-refractivity contribution in [1.29, 1.82) is 0 Å². The summed E-state index contributed by atoms with van der Waals surface area (Å²) in [6.07, 6.45) is 0. The summed E-state index contributed by atoms with van der Waals surface area (Å²) in [6.45, 7) is 3.85. The Morgan fingerprint density at radius 1 is 1.10 bits per heavy atom. The van der Waals surface area contributed by atoms with E-state index >= 15 is 0 Å². The Kier molecular flexibility index (Phi) is 3.31. The molecule has 20 heavy (non-hydrogen) atoms. The lowest BCUT2D eigenvalue weighted by molar-refractivity contribution is 0.489. The molecule has 1 aromatic carbocycles. The number of anilines is 1. The van der Waals surface area contributed by atoms with Gasteiger partial charge in [-0.15, -0.1) is 0 Å². The van der Waals surface area contributed by atoms with Crippen molar-refractivity contribution in [1.82, 2.24) is 15.0 Å². The first kappa shape index (κ1) is 12.9. The first-order valence-corrected chi connectivity index (χ1v) is 7.05. The number of hydrogen-bond donors (Lipinski definition) is 1. The molecule has 0 saturated heterocycles. The van der Waals surface area contributed by atoms with Gasteiger partial charge in [0.2, 0.25) is 0 Å². The third-order valence-corrected chi connectivity index (χ3v) is 3.85. The van der Waals surface area contributed by atoms with Crippen molar-refractivity contribution < 1.29 is 4.42 Å². The highest BCUT2D eigenvalue weighted by atomic mass is 32.2. The van der Waals surface area contributed by atoms with Crippen LogP contribution in [0.1, 0.15) is 11.4 Å². The van der Waals surface area contributed by atoms with Crippen LogP contribution in [0.3, 0.4) is 0 Å². The minimum atomic E-state index is 0.592. The van der Waals surface area contributed by atoms with Crippen LogP contribution in [0.2, 0.25) is 0 Å². The second-order valence-electron chi connectivity index (χ2n) is 4.35. The van der Waals surface area contributed by atoms with Gasteiger partial charge in [-0.3, -0.25) is 0 Å². The van der Waals surface area contributed by atoms with Gasteiger partial charge in [0, 0.05) is 12.6 Å². The number of aromatic nitrogens is 3. The van der Waals surface area contributed by atoms with E-state index in [9.17, 15) is 0 Å². The number of fused-ring (bicyclic) bond motifs is 1. The highest BCUT2D eigenvalue weighted by Crippen LogP contribution is 2.32. The van der Waals surface area contributed by atoms with E-state index in [4.69, 9.17) is 4.42 Å². The summed E-state index contributed by atoms with van der Waals surface area (Å²) < 4.78 is 5.71. The van der Waals surface area contributed by atoms with E-state index in [1.807, 2.05) is 45.2 Å². The molecule has 0 radical (unpaired) electrons. The Bertz CT molecular complexity index is 736. The molecule has 0 aliphatic rings. The molecule has 0 bridgehead atoms. The fourth-order valence-corrected chi connectivity index (χ4v) is 2.79. The molecule has 0 atom stereocenters. The summed E-state index contributed by atoms with van der Waals surface area (Å²) >= 11 is 1.41. The average Bonchev–Trinajstić information content (AvgIpc) is 2.84. The van der Waals surface area contributed by atoms with Gasteiger partial charge in [-0.2, -0.15) is 0 Å². The van der Waals surface area contributed by atoms with Gasteiger partial charge >= 0.3 is 0 Å². The summed E-state index contributed by atoms with van der Waals surface area (Å²) in [6, 6.07) is 7.71. The SMILES string of the molecule is CNc1nc(C)nc(Sc2nc3ccccc3o2)c1C. The summed E-state index contributed by atoms with van der Waals surface area (Å²) in [7, 11) is 1.85. The van der Waals surface area contributed by atoms with Crippen molar-refractivity contribution in [3.8, 4) is 0 Å². The molecular weight excluding hydrogens is 272 g/mol. The minimum absolute atomic E-state index is 0.592. The molecule has 3 rings (SSSR count). The van der Waals surface area contributed by atoms with E-state index in [-0.39, 0.29) is 0 Å². The summed E-state index contributed by atoms with van der Waals surface area (Å²) in [5.74, 6) is 1.55. The lowest BCUT2D eigenvalue weighted by Crippen LogP contribution is -2.01. The van der Waals surface area contributed by atoms with Crippen LogP contribution in [0, 0.1) is 13.8 Å². The van der Waals surface area contributed by atoms with Crippen molar-refractivity contribution in [3.63, 3.8) is 0 Å². The number of oxazole rings is 1. The Morgan fingerprint density at radius 2 is 1.90 bits per heavy atom. The van der Waals surface area contributed by atoms with Gasteiger partial charge in [0.05, 0.1) is 0 Å². The standard InChI is InChI=1S/C14H14N4OS/c1-8-12(15-3)16-9(2)17-13(8)20-14-18-10-6-4-5-7-11(10)19-14/h4-7H,1-3H3,(H,15,16,17). The van der Waals surface area contributed by atoms with Crippen molar-refractivity contribution in [3.05, 3.63) is 35.7 Å². The summed E-state index contributed by atoms with van der Waals surface area (Å²) in [4.78, 5) is 13.3. The highest BCUT2D eigenvalue weighted by molar-refractivity contribution is 7.99. The highest BCUT2D eigenvalue weighted by Gasteiger charge is 2.13. The molecule has 102 valence electrons. The Hall–Kier alpha value is -2.08. The molecule has 0 fully saturated rings. The van der Waals surface area contributed by atoms with Crippen LogP contribution in [-0.4, -0.2) is 22.0 Å². The van der Waals surface area contributed by atoms with Crippen LogP contribution in [0.5, 0.6) is 0 Å². The molecule has 3 aromatic rings. The Morgan fingerprint density at radius 3 is 2.65 bits per heavy atom. The predicted molar refractivity (Wildman–Crippen MR) is 79.2 cm³/mol. The second-order valence-corrected chi connectivity index (χ2v) is 5.29. The van der Waals surface area contributed by atoms with Crippen molar-refractivity contribution >= 4 is 28.7 Å². The molecule has 0 saturated carbocycles. The van der Waals surface area contributed by atoms with E-state index in [0.717, 1.165) is 33.3 Å². The maximum atomic E-state index is 5.71. The largest absolute Gasteiger partial charge is 0.431 e. The van der Waals surface area contributed by atoms with Crippen molar-refractivity contribution in [2.45, 2.75) is 24.1 Å². The van der Waals surface area contributed by atoms with Crippen LogP contribution >= 0.6 is 11.8 Å². The van der Waals surface area contributed by atoms with Crippen LogP contribution in [-0.2, 0) is 0 Å². The fourth-order valence-electron chi connectivity index (χ4n) is 1.92. The van der Waals surface area contributed by atoms with E-state index in [1.54, 1.807) is 0 Å². The van der Waals surface area contributed by atoms with E-state index in [1.165, 1.54) is 11.8 Å². The Labute approximate surface area is 120 Å². The number of nitrogens with one attached hydrogen (secondary N) is 1. The first-order chi connectivity index (χ1) is 9.67. The number of nitrogens with zero attached hydrogens (tertiary/aromatic N) is 3. The molecule has 0 aliphatic carbocycles. The lowest BCUT2D eigenvalue weighted by Gasteiger charge is -2.08. The van der Waals surface area contributed by atoms with E-state index in [2.05, 4.69) is 20.3 Å². The molecule has 2 heterocycles. The second kappa shape index (κ2) is 5.13. The molecule has 1 N–H and O–H groups in total. The van der Waals surface area contributed by atoms with Gasteiger partial charge in [-0.1, -0.05) is 12.1 Å². The zero-order valence-electron chi connectivity index (χ0n) is 11.5. The molecule has 0 spiro atoms. The number of para-hydroxylation sites is 2. The van der Waals surface area contributed by atoms with Crippen LogP contribution in [0.25, 0.3) is 11.1 Å². The van der Waals surface area contributed by atoms with Gasteiger partial charge in [0.1, 0.15) is 22.2 Å². The smallest absolute Gasteiger partial charge is 0.263 e. The third kappa shape index (κ3) is 2.34. The summed E-state index contributed by atoms with van der Waals surface area (Å²) in [5, 5.41) is 4.52. The quantitative estimate of drug-likeness (QED) is 0.744. The zero-order chi connectivity index (χ0) is 14.1. The van der Waals surface area contributed by atoms with Gasteiger partial charge in [-0.05, 0) is 37.7 Å². The molecule has 0 amide bonds. The topological polar surface area (TPSA) is 63.8 Å². The van der Waals surface area contributed by atoms with Crippen LogP contribution in [0.4, 0.5) is 5.82 Å². The van der Waals surface area contributed by atoms with Gasteiger partial charge in [0.15, 0.2) is 5.58 Å². The van der Waals surface area contributed by atoms with E-state index < -0.39 is 0 Å².